The Morgan fingerprint density at radius 1 is 0.691 bits per heavy atom. The first-order valence-electron chi connectivity index (χ1n) is 14.2. The molecule has 0 bridgehead atoms. The highest BCUT2D eigenvalue weighted by Gasteiger charge is 2.29. The molecule has 0 radical (unpaired) electrons. The fourth-order valence-corrected chi connectivity index (χ4v) is 6.96. The number of carboxylic acids is 1. The molecule has 304 valence electrons. The average Bonchev–Trinajstić information content (AvgIpc) is 3.08. The maximum atomic E-state index is 12.7. The number of hydrogen-bond donors (Lipinski definition) is 6. The molecule has 0 fully saturated rings. The van der Waals surface area contributed by atoms with Gasteiger partial charge < -0.3 is 24.1 Å². The number of methoxy groups -OCH3 is 4. The van der Waals surface area contributed by atoms with Crippen LogP contribution in [0.4, 0.5) is 21.5 Å². The summed E-state index contributed by atoms with van der Waals surface area (Å²) in [6.45, 7) is -0.301. The van der Waals surface area contributed by atoms with Gasteiger partial charge in [0.25, 0.3) is 10.0 Å². The molecule has 3 rings (SSSR count). The van der Waals surface area contributed by atoms with Crippen molar-refractivity contribution < 1.29 is 72.1 Å². The first-order chi connectivity index (χ1) is 25.3. The highest BCUT2D eigenvalue weighted by Crippen LogP contribution is 2.20. The van der Waals surface area contributed by atoms with E-state index in [1.54, 1.807) is 4.72 Å². The lowest BCUT2D eigenvalue weighted by Gasteiger charge is -2.15. The summed E-state index contributed by atoms with van der Waals surface area (Å²) < 4.78 is 119. The number of benzene rings is 1. The second kappa shape index (κ2) is 18.6. The summed E-state index contributed by atoms with van der Waals surface area (Å²) in [5.74, 6) is -2.07. The Hall–Kier alpha value is -5.69. The minimum atomic E-state index is -4.70. The fraction of sp³-hybridized carbons (Fsp3) is 0.320. The van der Waals surface area contributed by atoms with Crippen LogP contribution in [-0.2, 0) is 46.8 Å². The number of amides is 4. The van der Waals surface area contributed by atoms with E-state index in [0.717, 1.165) is 25.4 Å². The van der Waals surface area contributed by atoms with Crippen molar-refractivity contribution in [3.05, 3.63) is 41.5 Å². The zero-order valence-electron chi connectivity index (χ0n) is 29.5. The van der Waals surface area contributed by atoms with E-state index in [4.69, 9.17) is 18.9 Å². The van der Waals surface area contributed by atoms with E-state index < -0.39 is 68.8 Å². The van der Waals surface area contributed by atoms with Crippen LogP contribution in [-0.4, -0.2) is 128 Å². The fourth-order valence-electron chi connectivity index (χ4n) is 3.42. The monoisotopic (exact) mass is 858 g/mol. The smallest absolute Gasteiger partial charge is 0.337 e. The van der Waals surface area contributed by atoms with E-state index in [1.165, 1.54) is 51.4 Å². The van der Waals surface area contributed by atoms with Crippen LogP contribution in [0.25, 0.3) is 0 Å². The number of hydrogen-bond acceptors (Lipinski definition) is 19. The molecule has 2 aromatic heterocycles. The Balaban J connectivity index is 0.000000402. The van der Waals surface area contributed by atoms with E-state index >= 15 is 0 Å². The van der Waals surface area contributed by atoms with Crippen LogP contribution < -0.4 is 43.7 Å². The number of carbonyl (C=O) groups is 3. The number of urea groups is 2. The number of nitrogens with one attached hydrogen (secondary N) is 5. The van der Waals surface area contributed by atoms with Gasteiger partial charge in [0.1, 0.15) is 4.90 Å². The van der Waals surface area contributed by atoms with Crippen molar-refractivity contribution >= 4 is 70.2 Å². The van der Waals surface area contributed by atoms with Gasteiger partial charge in [0, 0.05) is 13.6 Å². The van der Waals surface area contributed by atoms with Gasteiger partial charge in [0.2, 0.25) is 55.5 Å². The summed E-state index contributed by atoms with van der Waals surface area (Å²) in [6, 6.07) is 3.22. The van der Waals surface area contributed by atoms with Gasteiger partial charge in [-0.2, -0.15) is 28.4 Å². The number of anilines is 2. The van der Waals surface area contributed by atoms with Crippen LogP contribution >= 0.6 is 0 Å². The first kappa shape index (κ1) is 45.5. The molecular formula is C25H34N10O16S4. The Labute approximate surface area is 314 Å². The maximum absolute atomic E-state index is 12.7. The van der Waals surface area contributed by atoms with Crippen LogP contribution in [0.2, 0.25) is 0 Å². The molecule has 0 spiro atoms. The van der Waals surface area contributed by atoms with Gasteiger partial charge >= 0.3 is 28.2 Å². The predicted octanol–water partition coefficient (Wildman–Crippen LogP) is -1.50. The Kier molecular flexibility index (Phi) is 15.4. The third-order valence-electron chi connectivity index (χ3n) is 6.00. The Morgan fingerprint density at radius 2 is 1.11 bits per heavy atom. The van der Waals surface area contributed by atoms with E-state index in [0.29, 0.717) is 6.26 Å². The van der Waals surface area contributed by atoms with E-state index in [1.807, 2.05) is 5.32 Å². The van der Waals surface area contributed by atoms with Crippen LogP contribution in [0.5, 0.6) is 23.5 Å². The lowest BCUT2D eigenvalue weighted by Crippen LogP contribution is -2.45. The largest absolute Gasteiger partial charge is 0.481 e. The van der Waals surface area contributed by atoms with Crippen LogP contribution in [0.15, 0.2) is 35.2 Å². The molecule has 0 saturated heterocycles. The van der Waals surface area contributed by atoms with Crippen molar-refractivity contribution in [1.29, 1.82) is 0 Å². The van der Waals surface area contributed by atoms with Gasteiger partial charge in [-0.1, -0.05) is 9.78 Å². The number of sulfonamides is 3. The Morgan fingerprint density at radius 3 is 1.47 bits per heavy atom. The molecular weight excluding hydrogens is 825 g/mol. The second-order valence-corrected chi connectivity index (χ2v) is 17.5. The van der Waals surface area contributed by atoms with Crippen LogP contribution in [0.3, 0.4) is 0 Å². The van der Waals surface area contributed by atoms with E-state index in [9.17, 15) is 53.2 Å². The van der Waals surface area contributed by atoms with Gasteiger partial charge in [-0.05, 0) is 17.7 Å². The average molecular weight is 859 g/mol. The topological polar surface area (TPSA) is 360 Å². The van der Waals surface area contributed by atoms with E-state index in [2.05, 4.69) is 30.0 Å². The van der Waals surface area contributed by atoms with Crippen LogP contribution in [0.1, 0.15) is 15.9 Å². The number of carboxylic acid groups (broad SMARTS) is 1. The number of nitrogens with zero attached hydrogens (tertiary/aromatic N) is 5. The number of ether oxygens (including phenoxy) is 4. The van der Waals surface area contributed by atoms with Gasteiger partial charge in [-0.25, -0.2) is 53.8 Å². The van der Waals surface area contributed by atoms with Gasteiger partial charge in [0.15, 0.2) is 0 Å². The molecule has 6 N–H and O–H groups in total. The highest BCUT2D eigenvalue weighted by molar-refractivity contribution is 8.03. The summed E-state index contributed by atoms with van der Waals surface area (Å²) in [5, 5.41) is 13.4. The molecule has 26 nitrogen and oxygen atoms in total. The first-order valence-corrected chi connectivity index (χ1v) is 20.9. The van der Waals surface area contributed by atoms with Crippen LogP contribution in [0, 0.1) is 0 Å². The number of rotatable bonds is 15. The molecule has 0 aliphatic rings. The summed E-state index contributed by atoms with van der Waals surface area (Å²) in [6.07, 6.45) is 1.57. The highest BCUT2D eigenvalue weighted by atomic mass is 32.3. The molecule has 0 atom stereocenters. The normalized spacial score (nSPS) is 11.6. The minimum Gasteiger partial charge on any atom is -0.481 e. The third kappa shape index (κ3) is 14.2. The molecule has 1 aromatic carbocycles. The van der Waals surface area contributed by atoms with Gasteiger partial charge in [-0.15, -0.1) is 0 Å². The number of carbonyl (C=O) groups excluding carboxylic acids is 2. The third-order valence-corrected chi connectivity index (χ3v) is 11.5. The lowest BCUT2D eigenvalue weighted by atomic mass is 10.1. The van der Waals surface area contributed by atoms with Gasteiger partial charge in [0.05, 0.1) is 58.6 Å². The molecule has 0 unspecified atom stereocenters. The SMILES string of the molecule is COc1cc(OC)nc(NC(=O)NS(=O)(=O)N(C)S(C)(=O)=O)n1.COc1cc(OC)nc(NC(=O)NS(=O)(=O)c2cc(CNS(C)(=O)=O)ccc2C(=O)O)n1. The molecule has 2 heterocycles. The molecule has 0 aliphatic heterocycles. The van der Waals surface area contributed by atoms with Crippen molar-refractivity contribution in [2.45, 2.75) is 11.4 Å². The molecule has 4 amide bonds. The van der Waals surface area contributed by atoms with Crippen molar-refractivity contribution in [1.82, 2.24) is 37.8 Å². The predicted molar refractivity (Wildman–Crippen MR) is 188 cm³/mol. The van der Waals surface area contributed by atoms with Crippen molar-refractivity contribution in [3.8, 4) is 23.5 Å². The van der Waals surface area contributed by atoms with Crippen molar-refractivity contribution in [2.24, 2.45) is 0 Å². The summed E-state index contributed by atoms with van der Waals surface area (Å²) in [5.41, 5.74) is -0.491. The standard InChI is InChI=1S/C16H19N5O9S2.C9H15N5O7S2/c1-29-12-7-13(30-2)19-15(18-12)20-16(24)21-32(27,28)11-6-9(8-17-31(3,25)26)4-5-10(11)14(22)23;1-14(22(4,16)17)23(18,19)13-9(15)12-8-10-6(20-2)5-7(11-8)21-3/h4-7,17H,8H2,1-3H3,(H,22,23)(H2,18,19,20,21,24);5H,1-4H3,(H2,10,11,12,13,15). The summed E-state index contributed by atoms with van der Waals surface area (Å²) in [4.78, 5) is 49.7. The zero-order chi connectivity index (χ0) is 41.9. The Bertz CT molecular complexity index is 2320. The van der Waals surface area contributed by atoms with Crippen molar-refractivity contribution in [2.75, 3.05) is 58.6 Å². The summed E-state index contributed by atoms with van der Waals surface area (Å²) in [7, 11) is -11.0. The minimum absolute atomic E-state index is 0.00654. The molecule has 0 saturated carbocycles. The van der Waals surface area contributed by atoms with Crippen molar-refractivity contribution in [3.63, 3.8) is 0 Å². The maximum Gasteiger partial charge on any atom is 0.337 e. The molecule has 55 heavy (non-hydrogen) atoms. The lowest BCUT2D eigenvalue weighted by molar-refractivity contribution is 0.0692. The second-order valence-electron chi connectivity index (χ2n) is 10.0. The molecule has 0 aliphatic carbocycles. The van der Waals surface area contributed by atoms with Gasteiger partial charge in [-0.3, -0.25) is 10.6 Å². The number of aromatic carboxylic acids is 1. The number of aromatic nitrogens is 4. The zero-order valence-corrected chi connectivity index (χ0v) is 32.8. The molecule has 30 heteroatoms. The van der Waals surface area contributed by atoms with E-state index in [-0.39, 0.29) is 51.2 Å². The summed E-state index contributed by atoms with van der Waals surface area (Å²) >= 11 is 0. The quantitative estimate of drug-likeness (QED) is 0.101. The molecule has 3 aromatic rings.